The second-order valence-electron chi connectivity index (χ2n) is 6.03. The molecule has 0 heterocycles. The molecule has 3 aromatic carbocycles. The topological polar surface area (TPSA) is 72.2 Å². The number of halogens is 1. The third-order valence-electron chi connectivity index (χ3n) is 3.98. The first-order valence-corrected chi connectivity index (χ1v) is 9.64. The maximum absolute atomic E-state index is 13.6. The van der Waals surface area contributed by atoms with Crippen molar-refractivity contribution >= 4 is 15.7 Å². The molecule has 0 bridgehead atoms. The maximum Gasteiger partial charge on any atom is 0.241 e. The molecular weight excluding hydrogens is 351 g/mol. The van der Waals surface area contributed by atoms with Crippen LogP contribution in [0.25, 0.3) is 0 Å². The molecule has 0 aliphatic carbocycles. The number of hydrogen-bond donors (Lipinski definition) is 2. The zero-order chi connectivity index (χ0) is 18.6. The van der Waals surface area contributed by atoms with E-state index in [0.29, 0.717) is 12.2 Å². The van der Waals surface area contributed by atoms with Gasteiger partial charge in [-0.25, -0.2) is 17.9 Å². The Morgan fingerprint density at radius 3 is 2.27 bits per heavy atom. The Morgan fingerprint density at radius 2 is 1.54 bits per heavy atom. The van der Waals surface area contributed by atoms with Crippen LogP contribution in [0.1, 0.15) is 16.7 Å². The van der Waals surface area contributed by atoms with Crippen molar-refractivity contribution < 1.29 is 12.8 Å². The van der Waals surface area contributed by atoms with E-state index in [1.807, 2.05) is 30.3 Å². The SMILES string of the molecule is NS(=O)(=O)c1cc(NCc2cccc(Cc3ccccc3)c2)ccc1F. The Bertz CT molecular complexity index is 1010. The molecule has 0 aliphatic rings. The normalized spacial score (nSPS) is 11.3. The number of anilines is 1. The van der Waals surface area contributed by atoms with E-state index >= 15 is 0 Å². The molecule has 3 aromatic rings. The van der Waals surface area contributed by atoms with Crippen molar-refractivity contribution in [1.29, 1.82) is 0 Å². The molecule has 0 saturated heterocycles. The highest BCUT2D eigenvalue weighted by molar-refractivity contribution is 7.89. The number of sulfonamides is 1. The van der Waals surface area contributed by atoms with Crippen molar-refractivity contribution in [2.75, 3.05) is 5.32 Å². The van der Waals surface area contributed by atoms with Crippen molar-refractivity contribution in [3.05, 3.63) is 95.3 Å². The molecule has 0 aliphatic heterocycles. The lowest BCUT2D eigenvalue weighted by atomic mass is 10.0. The van der Waals surface area contributed by atoms with Crippen molar-refractivity contribution in [3.63, 3.8) is 0 Å². The first-order valence-electron chi connectivity index (χ1n) is 8.10. The number of nitrogens with two attached hydrogens (primary N) is 1. The summed E-state index contributed by atoms with van der Waals surface area (Å²) in [5.41, 5.74) is 3.94. The predicted octanol–water partition coefficient (Wildman–Crippen LogP) is 3.68. The van der Waals surface area contributed by atoms with Gasteiger partial charge in [0.2, 0.25) is 10.0 Å². The van der Waals surface area contributed by atoms with Crippen molar-refractivity contribution in [2.24, 2.45) is 5.14 Å². The molecule has 26 heavy (non-hydrogen) atoms. The monoisotopic (exact) mass is 370 g/mol. The van der Waals surface area contributed by atoms with Crippen LogP contribution in [0.2, 0.25) is 0 Å². The Kier molecular flexibility index (Phi) is 5.35. The fourth-order valence-electron chi connectivity index (χ4n) is 2.72. The lowest BCUT2D eigenvalue weighted by Crippen LogP contribution is -2.14. The van der Waals surface area contributed by atoms with Gasteiger partial charge >= 0.3 is 0 Å². The fraction of sp³-hybridized carbons (Fsp3) is 0.100. The van der Waals surface area contributed by atoms with Gasteiger partial charge in [0.05, 0.1) is 0 Å². The van der Waals surface area contributed by atoms with Gasteiger partial charge in [-0.15, -0.1) is 0 Å². The van der Waals surface area contributed by atoms with Gasteiger partial charge in [0, 0.05) is 12.2 Å². The summed E-state index contributed by atoms with van der Waals surface area (Å²) < 4.78 is 36.4. The summed E-state index contributed by atoms with van der Waals surface area (Å²) in [6, 6.07) is 22.1. The minimum absolute atomic E-state index is 0.484. The van der Waals surface area contributed by atoms with Gasteiger partial charge in [-0.2, -0.15) is 0 Å². The molecule has 134 valence electrons. The first kappa shape index (κ1) is 18.1. The van der Waals surface area contributed by atoms with E-state index in [1.54, 1.807) is 0 Å². The molecule has 3 N–H and O–H groups in total. The number of rotatable bonds is 6. The number of primary sulfonamides is 1. The second-order valence-corrected chi connectivity index (χ2v) is 7.56. The first-order chi connectivity index (χ1) is 12.4. The average Bonchev–Trinajstić information content (AvgIpc) is 2.61. The second kappa shape index (κ2) is 7.68. The molecular formula is C20H19FN2O2S. The lowest BCUT2D eigenvalue weighted by molar-refractivity contribution is 0.568. The Labute approximate surface area is 152 Å². The zero-order valence-corrected chi connectivity index (χ0v) is 14.8. The minimum Gasteiger partial charge on any atom is -0.381 e. The molecule has 0 amide bonds. The van der Waals surface area contributed by atoms with Gasteiger partial charge in [-0.1, -0.05) is 54.6 Å². The van der Waals surface area contributed by atoms with Gasteiger partial charge in [0.1, 0.15) is 10.7 Å². The van der Waals surface area contributed by atoms with Gasteiger partial charge in [0.25, 0.3) is 0 Å². The number of nitrogens with one attached hydrogen (secondary N) is 1. The summed E-state index contributed by atoms with van der Waals surface area (Å²) in [5, 5.41) is 8.14. The molecule has 0 radical (unpaired) electrons. The van der Waals surface area contributed by atoms with Gasteiger partial charge < -0.3 is 5.32 Å². The highest BCUT2D eigenvalue weighted by atomic mass is 32.2. The molecule has 6 heteroatoms. The van der Waals surface area contributed by atoms with E-state index < -0.39 is 20.7 Å². The van der Waals surface area contributed by atoms with E-state index in [0.717, 1.165) is 18.1 Å². The fourth-order valence-corrected chi connectivity index (χ4v) is 3.35. The van der Waals surface area contributed by atoms with Crippen molar-refractivity contribution in [3.8, 4) is 0 Å². The van der Waals surface area contributed by atoms with Crippen molar-refractivity contribution in [2.45, 2.75) is 17.9 Å². The molecule has 0 unspecified atom stereocenters. The number of benzene rings is 3. The average molecular weight is 370 g/mol. The lowest BCUT2D eigenvalue weighted by Gasteiger charge is -2.10. The van der Waals surface area contributed by atoms with Crippen LogP contribution in [0.5, 0.6) is 0 Å². The molecule has 0 spiro atoms. The van der Waals surface area contributed by atoms with Crippen LogP contribution in [0.15, 0.2) is 77.7 Å². The van der Waals surface area contributed by atoms with Crippen LogP contribution >= 0.6 is 0 Å². The number of hydrogen-bond acceptors (Lipinski definition) is 3. The van der Waals surface area contributed by atoms with Crippen LogP contribution in [0.4, 0.5) is 10.1 Å². The zero-order valence-electron chi connectivity index (χ0n) is 14.0. The van der Waals surface area contributed by atoms with Crippen LogP contribution in [0, 0.1) is 5.82 Å². The van der Waals surface area contributed by atoms with E-state index in [1.165, 1.54) is 23.3 Å². The summed E-state index contributed by atoms with van der Waals surface area (Å²) in [7, 11) is -4.10. The Balaban J connectivity index is 1.71. The summed E-state index contributed by atoms with van der Waals surface area (Å²) in [4.78, 5) is -0.514. The maximum atomic E-state index is 13.6. The Morgan fingerprint density at radius 1 is 0.846 bits per heavy atom. The summed E-state index contributed by atoms with van der Waals surface area (Å²) in [6.07, 6.45) is 0.834. The smallest absolute Gasteiger partial charge is 0.241 e. The van der Waals surface area contributed by atoms with Crippen LogP contribution in [-0.2, 0) is 23.0 Å². The largest absolute Gasteiger partial charge is 0.381 e. The standard InChI is InChI=1S/C20H19FN2O2S/c21-19-10-9-18(13-20(19)26(22,24)25)23-14-17-8-4-7-16(12-17)11-15-5-2-1-3-6-15/h1-10,12-13,23H,11,14H2,(H2,22,24,25). The van der Waals surface area contributed by atoms with Gasteiger partial charge in [-0.05, 0) is 41.3 Å². The molecule has 0 aromatic heterocycles. The quantitative estimate of drug-likeness (QED) is 0.695. The van der Waals surface area contributed by atoms with Crippen LogP contribution in [0.3, 0.4) is 0 Å². The third-order valence-corrected chi connectivity index (χ3v) is 4.90. The van der Waals surface area contributed by atoms with Crippen LogP contribution in [-0.4, -0.2) is 8.42 Å². The van der Waals surface area contributed by atoms with E-state index in [2.05, 4.69) is 29.6 Å². The molecule has 3 rings (SSSR count). The molecule has 0 atom stereocenters. The van der Waals surface area contributed by atoms with Gasteiger partial charge in [0.15, 0.2) is 0 Å². The van der Waals surface area contributed by atoms with Crippen LogP contribution < -0.4 is 10.5 Å². The molecule has 0 fully saturated rings. The van der Waals surface area contributed by atoms with E-state index in [4.69, 9.17) is 5.14 Å². The third kappa shape index (κ3) is 4.68. The summed E-state index contributed by atoms with van der Waals surface area (Å²) in [6.45, 7) is 0.484. The molecule has 0 saturated carbocycles. The van der Waals surface area contributed by atoms with Gasteiger partial charge in [-0.3, -0.25) is 0 Å². The van der Waals surface area contributed by atoms with E-state index in [-0.39, 0.29) is 0 Å². The minimum atomic E-state index is -4.10. The van der Waals surface area contributed by atoms with Crippen molar-refractivity contribution in [1.82, 2.24) is 0 Å². The summed E-state index contributed by atoms with van der Waals surface area (Å²) >= 11 is 0. The highest BCUT2D eigenvalue weighted by Crippen LogP contribution is 2.19. The predicted molar refractivity (Wildman–Crippen MR) is 101 cm³/mol. The Hall–Kier alpha value is -2.70. The van der Waals surface area contributed by atoms with E-state index in [9.17, 15) is 12.8 Å². The molecule has 4 nitrogen and oxygen atoms in total. The highest BCUT2D eigenvalue weighted by Gasteiger charge is 2.14. The summed E-state index contributed by atoms with van der Waals surface area (Å²) in [5.74, 6) is -0.858.